The molecule has 2 amide bonds. The first kappa shape index (κ1) is 17.7. The van der Waals surface area contributed by atoms with E-state index in [-0.39, 0.29) is 12.3 Å². The zero-order valence-electron chi connectivity index (χ0n) is 12.7. The molecule has 0 aliphatic heterocycles. The highest BCUT2D eigenvalue weighted by molar-refractivity contribution is 5.88. The second kappa shape index (κ2) is 8.15. The second-order valence-electron chi connectivity index (χ2n) is 5.58. The van der Waals surface area contributed by atoms with Gasteiger partial charge in [-0.05, 0) is 24.0 Å². The number of nitrogens with zero attached hydrogens (tertiary/aromatic N) is 1. The molecule has 1 rings (SSSR count). The van der Waals surface area contributed by atoms with E-state index in [1.807, 2.05) is 19.9 Å². The zero-order chi connectivity index (χ0) is 16.7. The lowest BCUT2D eigenvalue weighted by atomic mass is 9.99. The van der Waals surface area contributed by atoms with E-state index in [1.165, 1.54) is 0 Å². The number of hydrogen-bond donors (Lipinski definition) is 3. The van der Waals surface area contributed by atoms with E-state index >= 15 is 0 Å². The molecule has 0 unspecified atom stereocenters. The van der Waals surface area contributed by atoms with Crippen molar-refractivity contribution in [2.45, 2.75) is 38.8 Å². The maximum Gasteiger partial charge on any atom is 0.249 e. The van der Waals surface area contributed by atoms with Crippen molar-refractivity contribution in [3.63, 3.8) is 0 Å². The smallest absolute Gasteiger partial charge is 0.249 e. The Bertz CT molecular complexity index is 578. The highest BCUT2D eigenvalue weighted by atomic mass is 16.3. The number of aliphatic hydroxyl groups excluding tert-OH is 1. The average Bonchev–Trinajstić information content (AvgIpc) is 2.46. The van der Waals surface area contributed by atoms with Crippen LogP contribution in [0.4, 0.5) is 0 Å². The molecule has 0 bridgehead atoms. The molecule has 0 aliphatic rings. The van der Waals surface area contributed by atoms with Gasteiger partial charge in [-0.2, -0.15) is 5.26 Å². The van der Waals surface area contributed by atoms with Crippen molar-refractivity contribution in [2.24, 2.45) is 11.7 Å². The van der Waals surface area contributed by atoms with E-state index in [0.29, 0.717) is 17.5 Å². The molecule has 0 spiro atoms. The molecule has 0 fully saturated rings. The molecule has 0 aliphatic carbocycles. The highest BCUT2D eigenvalue weighted by Gasteiger charge is 2.24. The van der Waals surface area contributed by atoms with Gasteiger partial charge in [0, 0.05) is 6.42 Å². The third-order valence-electron chi connectivity index (χ3n) is 3.22. The van der Waals surface area contributed by atoms with Crippen LogP contribution in [0.15, 0.2) is 24.3 Å². The summed E-state index contributed by atoms with van der Waals surface area (Å²) in [5, 5.41) is 21.3. The van der Waals surface area contributed by atoms with Gasteiger partial charge in [0.15, 0.2) is 0 Å². The number of nitriles is 1. The Hall–Kier alpha value is -2.39. The van der Waals surface area contributed by atoms with Crippen molar-refractivity contribution in [1.82, 2.24) is 5.32 Å². The summed E-state index contributed by atoms with van der Waals surface area (Å²) in [6.45, 7) is 3.76. The molecule has 1 aromatic carbocycles. The van der Waals surface area contributed by atoms with Gasteiger partial charge in [-0.15, -0.1) is 0 Å². The summed E-state index contributed by atoms with van der Waals surface area (Å²) in [6.07, 6.45) is -0.779. The predicted molar refractivity (Wildman–Crippen MR) is 81.4 cm³/mol. The van der Waals surface area contributed by atoms with E-state index < -0.39 is 24.0 Å². The van der Waals surface area contributed by atoms with Crippen molar-refractivity contribution in [3.05, 3.63) is 35.4 Å². The number of carbonyl (C=O) groups excluding carboxylic acids is 2. The minimum absolute atomic E-state index is 0.110. The first-order valence-corrected chi connectivity index (χ1v) is 7.11. The lowest BCUT2D eigenvalue weighted by Crippen LogP contribution is -2.49. The molecule has 4 N–H and O–H groups in total. The number of amides is 2. The summed E-state index contributed by atoms with van der Waals surface area (Å²) in [5.41, 5.74) is 6.35. The van der Waals surface area contributed by atoms with Crippen molar-refractivity contribution in [3.8, 4) is 6.07 Å². The Morgan fingerprint density at radius 1 is 1.36 bits per heavy atom. The van der Waals surface area contributed by atoms with Crippen LogP contribution >= 0.6 is 0 Å². The molecule has 0 saturated heterocycles. The number of nitrogens with one attached hydrogen (secondary N) is 1. The van der Waals surface area contributed by atoms with E-state index in [2.05, 4.69) is 5.32 Å². The summed E-state index contributed by atoms with van der Waals surface area (Å²) in [6, 6.07) is 7.84. The van der Waals surface area contributed by atoms with Crippen LogP contribution in [-0.4, -0.2) is 29.1 Å². The Morgan fingerprint density at radius 2 is 2.00 bits per heavy atom. The number of primary amides is 1. The molecule has 0 saturated carbocycles. The van der Waals surface area contributed by atoms with Crippen LogP contribution in [0.25, 0.3) is 0 Å². The lowest BCUT2D eigenvalue weighted by Gasteiger charge is -2.19. The summed E-state index contributed by atoms with van der Waals surface area (Å²) >= 11 is 0. The normalized spacial score (nSPS) is 13.2. The molecule has 22 heavy (non-hydrogen) atoms. The first-order chi connectivity index (χ1) is 10.3. The summed E-state index contributed by atoms with van der Waals surface area (Å²) in [4.78, 5) is 23.4. The van der Waals surface area contributed by atoms with Crippen LogP contribution in [0.2, 0.25) is 0 Å². The van der Waals surface area contributed by atoms with Crippen molar-refractivity contribution in [2.75, 3.05) is 0 Å². The van der Waals surface area contributed by atoms with Crippen LogP contribution in [0, 0.1) is 17.2 Å². The molecule has 1 aromatic rings. The number of nitrogens with two attached hydrogens (primary N) is 1. The van der Waals surface area contributed by atoms with Crippen molar-refractivity contribution < 1.29 is 14.7 Å². The quantitative estimate of drug-likeness (QED) is 0.679. The fourth-order valence-corrected chi connectivity index (χ4v) is 2.07. The summed E-state index contributed by atoms with van der Waals surface area (Å²) in [7, 11) is 0. The van der Waals surface area contributed by atoms with Gasteiger partial charge < -0.3 is 16.2 Å². The van der Waals surface area contributed by atoms with Gasteiger partial charge in [0.05, 0.1) is 11.6 Å². The van der Waals surface area contributed by atoms with Crippen LogP contribution in [0.1, 0.15) is 31.4 Å². The second-order valence-corrected chi connectivity index (χ2v) is 5.58. The number of rotatable bonds is 7. The van der Waals surface area contributed by atoms with E-state index in [4.69, 9.17) is 11.0 Å². The van der Waals surface area contributed by atoms with Gasteiger partial charge in [0.25, 0.3) is 0 Å². The van der Waals surface area contributed by atoms with Crippen molar-refractivity contribution in [1.29, 1.82) is 5.26 Å². The number of carbonyl (C=O) groups is 2. The number of aliphatic hydroxyl groups is 1. The molecule has 2 atom stereocenters. The number of hydrogen-bond acceptors (Lipinski definition) is 4. The molecule has 0 radical (unpaired) electrons. The molecule has 0 heterocycles. The van der Waals surface area contributed by atoms with Crippen LogP contribution in [0.5, 0.6) is 0 Å². The van der Waals surface area contributed by atoms with Gasteiger partial charge >= 0.3 is 0 Å². The highest BCUT2D eigenvalue weighted by Crippen LogP contribution is 2.11. The Labute approximate surface area is 129 Å². The van der Waals surface area contributed by atoms with Crippen molar-refractivity contribution >= 4 is 11.8 Å². The van der Waals surface area contributed by atoms with E-state index in [9.17, 15) is 14.7 Å². The third kappa shape index (κ3) is 5.19. The summed E-state index contributed by atoms with van der Waals surface area (Å²) in [5.74, 6) is -1.20. The molecular formula is C16H21N3O3. The molecule has 0 aromatic heterocycles. The van der Waals surface area contributed by atoms with E-state index in [1.54, 1.807) is 24.3 Å². The molecule has 118 valence electrons. The zero-order valence-corrected chi connectivity index (χ0v) is 12.7. The molecule has 6 heteroatoms. The van der Waals surface area contributed by atoms with E-state index in [0.717, 1.165) is 0 Å². The van der Waals surface area contributed by atoms with Crippen LogP contribution in [-0.2, 0) is 16.0 Å². The number of benzene rings is 1. The topological polar surface area (TPSA) is 116 Å². The predicted octanol–water partition coefficient (Wildman–Crippen LogP) is 0.478. The third-order valence-corrected chi connectivity index (χ3v) is 3.22. The Morgan fingerprint density at radius 3 is 2.55 bits per heavy atom. The standard InChI is InChI=1S/C16H21N3O3/c1-10(2)7-14(20)16(22)19-13(15(18)21)8-11-5-3-4-6-12(11)9-17/h3-6,10,13-14,20H,7-8H2,1-2H3,(H2,18,21)(H,19,22)/t13-,14-/m0/s1. The minimum Gasteiger partial charge on any atom is -0.383 e. The van der Waals surface area contributed by atoms with Gasteiger partial charge in [-0.1, -0.05) is 32.0 Å². The lowest BCUT2D eigenvalue weighted by molar-refractivity contribution is -0.133. The van der Waals surface area contributed by atoms with Gasteiger partial charge in [0.2, 0.25) is 11.8 Å². The Kier molecular flexibility index (Phi) is 6.54. The van der Waals surface area contributed by atoms with Gasteiger partial charge in [0.1, 0.15) is 12.1 Å². The Balaban J connectivity index is 2.81. The molecular weight excluding hydrogens is 282 g/mol. The minimum atomic E-state index is -1.19. The fourth-order valence-electron chi connectivity index (χ4n) is 2.07. The SMILES string of the molecule is CC(C)C[C@H](O)C(=O)N[C@@H](Cc1ccccc1C#N)C(N)=O. The average molecular weight is 303 g/mol. The fraction of sp³-hybridized carbons (Fsp3) is 0.438. The largest absolute Gasteiger partial charge is 0.383 e. The maximum atomic E-state index is 11.9. The molecule has 6 nitrogen and oxygen atoms in total. The monoisotopic (exact) mass is 303 g/mol. The first-order valence-electron chi connectivity index (χ1n) is 7.11. The van der Waals surface area contributed by atoms with Crippen LogP contribution in [0.3, 0.4) is 0 Å². The van der Waals surface area contributed by atoms with Crippen LogP contribution < -0.4 is 11.1 Å². The summed E-state index contributed by atoms with van der Waals surface area (Å²) < 4.78 is 0. The maximum absolute atomic E-state index is 11.9. The van der Waals surface area contributed by atoms with Gasteiger partial charge in [-0.3, -0.25) is 9.59 Å². The van der Waals surface area contributed by atoms with Gasteiger partial charge in [-0.25, -0.2) is 0 Å².